The molecule has 14 nitrogen and oxygen atoms in total. The lowest BCUT2D eigenvalue weighted by Crippen LogP contribution is -2.67. The Hall–Kier alpha value is -2.98. The molecule has 2 saturated heterocycles. The molecule has 3 heterocycles. The maximum Gasteiger partial charge on any atom is 0.329 e. The fraction of sp³-hybridized carbons (Fsp3) is 0.783. The molecular formula is C46H73NO13. The van der Waals surface area contributed by atoms with Gasteiger partial charge in [-0.25, -0.2) is 4.79 Å². The Morgan fingerprint density at radius 2 is 1.60 bits per heavy atom. The van der Waals surface area contributed by atoms with Crippen LogP contribution in [0.25, 0.3) is 0 Å². The minimum absolute atomic E-state index is 0.00392. The third-order valence-corrected chi connectivity index (χ3v) is 13.3. The highest BCUT2D eigenvalue weighted by Gasteiger charge is 2.58. The second-order valence-electron chi connectivity index (χ2n) is 18.0. The van der Waals surface area contributed by atoms with Gasteiger partial charge in [-0.2, -0.15) is 0 Å². The Labute approximate surface area is 357 Å². The first kappa shape index (κ1) is 49.7. The number of rotatable bonds is 8. The number of carbonyl (C=O) groups is 4. The van der Waals surface area contributed by atoms with E-state index >= 15 is 0 Å². The number of hydrogen-bond donors (Lipinski definition) is 3. The van der Waals surface area contributed by atoms with Crippen LogP contribution in [0.2, 0.25) is 0 Å². The third-order valence-electron chi connectivity index (χ3n) is 13.3. The van der Waals surface area contributed by atoms with Crippen LogP contribution in [0, 0.1) is 29.6 Å². The number of fused-ring (bicyclic) bond motifs is 3. The van der Waals surface area contributed by atoms with Gasteiger partial charge < -0.3 is 48.6 Å². The number of Topliss-reactive ketones (excluding diaryl/α,β-unsaturated/α-hetero) is 1. The fourth-order valence-electron chi connectivity index (χ4n) is 9.85. The number of piperidine rings is 1. The molecule has 1 aliphatic carbocycles. The number of hydrogen-bond acceptors (Lipinski definition) is 13. The van der Waals surface area contributed by atoms with E-state index in [9.17, 15) is 34.5 Å². The topological polar surface area (TPSA) is 188 Å². The van der Waals surface area contributed by atoms with Gasteiger partial charge in [0, 0.05) is 59.0 Å². The number of esters is 2. The number of carbonyl (C=O) groups excluding carboxylic acids is 4. The van der Waals surface area contributed by atoms with Crippen molar-refractivity contribution in [3.8, 4) is 0 Å². The molecule has 4 aliphatic rings. The van der Waals surface area contributed by atoms with Crippen molar-refractivity contribution in [1.29, 1.82) is 0 Å². The van der Waals surface area contributed by atoms with Crippen molar-refractivity contribution in [2.75, 3.05) is 27.9 Å². The smallest absolute Gasteiger partial charge is 0.329 e. The molecule has 0 aromatic rings. The summed E-state index contributed by atoms with van der Waals surface area (Å²) in [7, 11) is 4.64. The summed E-state index contributed by atoms with van der Waals surface area (Å²) < 4.78 is 36.0. The van der Waals surface area contributed by atoms with Crippen LogP contribution >= 0.6 is 0 Å². The number of methoxy groups -OCH3 is 3. The molecule has 14 heteroatoms. The molecule has 60 heavy (non-hydrogen) atoms. The standard InChI is InChI=1S/C46H73NO13/c1-11-14-33-20-26(2)19-27(3)21-39(56-9)42-40(57-10)23-29(5)46(54,60-42)43(58-31(7)48)44(52)47-18-13-12-15-34(47)45(53)59-41(30(6)36(50)25-37(33)51)28(4)22-32-16-17-35(49)38(24-32)55-8/h11,20,22,27,29-30,32-36,38-43,49-50,54H,1,12-19,21,23-25H2,2-10H3. The summed E-state index contributed by atoms with van der Waals surface area (Å²) in [4.78, 5) is 57.4. The van der Waals surface area contributed by atoms with Crippen LogP contribution in [0.3, 0.4) is 0 Å². The number of cyclic esters (lactones) is 1. The maximum absolute atomic E-state index is 14.8. The predicted molar refractivity (Wildman–Crippen MR) is 223 cm³/mol. The number of aliphatic hydroxyl groups is 3. The van der Waals surface area contributed by atoms with Gasteiger partial charge in [0.2, 0.25) is 11.9 Å². The van der Waals surface area contributed by atoms with E-state index in [1.807, 2.05) is 32.9 Å². The number of ether oxygens (including phenoxy) is 6. The summed E-state index contributed by atoms with van der Waals surface area (Å²) in [6.45, 7) is 14.4. The lowest BCUT2D eigenvalue weighted by molar-refractivity contribution is -0.347. The average Bonchev–Trinajstić information content (AvgIpc) is 3.21. The molecule has 0 spiro atoms. The second-order valence-corrected chi connectivity index (χ2v) is 18.0. The van der Waals surface area contributed by atoms with Crippen molar-refractivity contribution < 1.29 is 62.9 Å². The summed E-state index contributed by atoms with van der Waals surface area (Å²) in [5.74, 6) is -6.92. The number of allylic oxidation sites excluding steroid dienone is 4. The highest BCUT2D eigenvalue weighted by atomic mass is 16.7. The zero-order valence-electron chi connectivity index (χ0n) is 37.4. The molecule has 2 bridgehead atoms. The van der Waals surface area contributed by atoms with Crippen molar-refractivity contribution >= 4 is 23.6 Å². The summed E-state index contributed by atoms with van der Waals surface area (Å²) in [6, 6.07) is -1.12. The number of ketones is 1. The van der Waals surface area contributed by atoms with Crippen LogP contribution < -0.4 is 0 Å². The van der Waals surface area contributed by atoms with E-state index in [1.54, 1.807) is 41.3 Å². The summed E-state index contributed by atoms with van der Waals surface area (Å²) in [6.07, 6.45) is 3.15. The number of amides is 1. The van der Waals surface area contributed by atoms with E-state index in [0.717, 1.165) is 12.5 Å². The quantitative estimate of drug-likeness (QED) is 0.219. The first-order chi connectivity index (χ1) is 28.4. The minimum atomic E-state index is -2.32. The van der Waals surface area contributed by atoms with Gasteiger partial charge in [0.15, 0.2) is 0 Å². The van der Waals surface area contributed by atoms with Crippen molar-refractivity contribution in [3.05, 3.63) is 36.0 Å². The Morgan fingerprint density at radius 1 is 0.933 bits per heavy atom. The second kappa shape index (κ2) is 22.4. The van der Waals surface area contributed by atoms with Crippen LogP contribution in [0.1, 0.15) is 112 Å². The highest BCUT2D eigenvalue weighted by molar-refractivity contribution is 5.89. The summed E-state index contributed by atoms with van der Waals surface area (Å²) in [5, 5.41) is 34.8. The predicted octanol–water partition coefficient (Wildman–Crippen LogP) is 5.00. The monoisotopic (exact) mass is 848 g/mol. The molecule has 15 unspecified atom stereocenters. The van der Waals surface area contributed by atoms with Gasteiger partial charge in [-0.15, -0.1) is 6.58 Å². The molecule has 0 aromatic carbocycles. The van der Waals surface area contributed by atoms with Gasteiger partial charge in [-0.05, 0) is 95.5 Å². The molecule has 1 amide bonds. The van der Waals surface area contributed by atoms with E-state index in [4.69, 9.17) is 28.4 Å². The first-order valence-corrected chi connectivity index (χ1v) is 21.9. The normalized spacial score (nSPS) is 39.7. The van der Waals surface area contributed by atoms with Crippen LogP contribution in [-0.4, -0.2) is 132 Å². The fourth-order valence-corrected chi connectivity index (χ4v) is 9.85. The molecule has 340 valence electrons. The van der Waals surface area contributed by atoms with E-state index in [0.29, 0.717) is 56.9 Å². The lowest BCUT2D eigenvalue weighted by atomic mass is 9.81. The molecule has 15 atom stereocenters. The van der Waals surface area contributed by atoms with Gasteiger partial charge in [-0.3, -0.25) is 14.4 Å². The Morgan fingerprint density at radius 3 is 2.23 bits per heavy atom. The van der Waals surface area contributed by atoms with Crippen molar-refractivity contribution in [2.45, 2.75) is 173 Å². The van der Waals surface area contributed by atoms with Crippen LogP contribution in [-0.2, 0) is 47.6 Å². The largest absolute Gasteiger partial charge is 0.456 e. The van der Waals surface area contributed by atoms with Crippen molar-refractivity contribution in [1.82, 2.24) is 4.90 Å². The minimum Gasteiger partial charge on any atom is -0.456 e. The summed E-state index contributed by atoms with van der Waals surface area (Å²) in [5.41, 5.74) is 1.61. The van der Waals surface area contributed by atoms with Gasteiger partial charge in [0.25, 0.3) is 5.91 Å². The molecule has 0 aromatic heterocycles. The van der Waals surface area contributed by atoms with Gasteiger partial charge in [0.1, 0.15) is 24.0 Å². The number of aliphatic hydroxyl groups excluding tert-OH is 2. The Bertz CT molecular complexity index is 1550. The summed E-state index contributed by atoms with van der Waals surface area (Å²) >= 11 is 0. The zero-order valence-corrected chi connectivity index (χ0v) is 37.4. The van der Waals surface area contributed by atoms with E-state index < -0.39 is 90.2 Å². The molecular weight excluding hydrogens is 774 g/mol. The van der Waals surface area contributed by atoms with Crippen LogP contribution in [0.4, 0.5) is 0 Å². The zero-order chi connectivity index (χ0) is 44.5. The molecule has 0 radical (unpaired) electrons. The number of nitrogens with zero attached hydrogens (tertiary/aromatic N) is 1. The van der Waals surface area contributed by atoms with Gasteiger partial charge in [-0.1, -0.05) is 44.6 Å². The van der Waals surface area contributed by atoms with Crippen LogP contribution in [0.15, 0.2) is 36.0 Å². The molecule has 3 N–H and O–H groups in total. The third kappa shape index (κ3) is 12.1. The maximum atomic E-state index is 14.8. The van der Waals surface area contributed by atoms with Gasteiger partial charge >= 0.3 is 11.9 Å². The highest BCUT2D eigenvalue weighted by Crippen LogP contribution is 2.41. The van der Waals surface area contributed by atoms with Crippen molar-refractivity contribution in [3.63, 3.8) is 0 Å². The SMILES string of the molecule is C=CCC1C=C(C)CC(C)CC(OC)C2OC(O)(C(C)CC2OC)C(OC(C)=O)C(=O)N2CCCCC2C(=O)OC(C(C)=CC2CCC(O)C(OC)C2)C(C)C(O)CC1=O. The van der Waals surface area contributed by atoms with Crippen LogP contribution in [0.5, 0.6) is 0 Å². The first-order valence-electron chi connectivity index (χ1n) is 21.9. The van der Waals surface area contributed by atoms with E-state index in [2.05, 4.69) is 6.58 Å². The molecule has 3 fully saturated rings. The average molecular weight is 848 g/mol. The Balaban J connectivity index is 1.83. The molecule has 1 saturated carbocycles. The Kier molecular flexibility index (Phi) is 18.5. The van der Waals surface area contributed by atoms with Crippen molar-refractivity contribution in [2.24, 2.45) is 29.6 Å². The van der Waals surface area contributed by atoms with Gasteiger partial charge in [0.05, 0.1) is 30.5 Å². The molecule has 3 aliphatic heterocycles. The lowest BCUT2D eigenvalue weighted by Gasteiger charge is -2.50. The molecule has 4 rings (SSSR count). The van der Waals surface area contributed by atoms with E-state index in [-0.39, 0.29) is 49.5 Å². The van der Waals surface area contributed by atoms with E-state index in [1.165, 1.54) is 4.90 Å².